The van der Waals surface area contributed by atoms with Gasteiger partial charge in [0, 0.05) is 19.1 Å². The Morgan fingerprint density at radius 1 is 1.43 bits per heavy atom. The second-order valence-electron chi connectivity index (χ2n) is 6.19. The van der Waals surface area contributed by atoms with Gasteiger partial charge < -0.3 is 4.74 Å². The zero-order chi connectivity index (χ0) is 16.2. The molecular weight excluding hydrogens is 312 g/mol. The molecule has 1 aromatic heterocycles. The van der Waals surface area contributed by atoms with Crippen LogP contribution < -0.4 is 4.74 Å². The van der Waals surface area contributed by atoms with E-state index in [2.05, 4.69) is 28.0 Å². The highest BCUT2D eigenvalue weighted by Crippen LogP contribution is 2.32. The number of methoxy groups -OCH3 is 1. The van der Waals surface area contributed by atoms with Gasteiger partial charge >= 0.3 is 0 Å². The third-order valence-electron chi connectivity index (χ3n) is 4.67. The number of nitrogens with zero attached hydrogens (tertiary/aromatic N) is 4. The topological polar surface area (TPSA) is 43.2 Å². The van der Waals surface area contributed by atoms with Crippen molar-refractivity contribution in [3.63, 3.8) is 0 Å². The summed E-state index contributed by atoms with van der Waals surface area (Å²) in [5, 5.41) is 4.90. The molecule has 1 aromatic carbocycles. The molecule has 0 N–H and O–H groups in total. The van der Waals surface area contributed by atoms with Gasteiger partial charge in [-0.1, -0.05) is 17.7 Å². The molecule has 0 unspecified atom stereocenters. The first-order valence-electron chi connectivity index (χ1n) is 8.07. The molecule has 1 saturated heterocycles. The van der Waals surface area contributed by atoms with Crippen LogP contribution >= 0.6 is 11.6 Å². The Balaban J connectivity index is 1.66. The Labute approximate surface area is 142 Å². The molecule has 3 rings (SSSR count). The molecule has 5 nitrogen and oxygen atoms in total. The number of likely N-dealkylation sites (tertiary alicyclic amines) is 1. The van der Waals surface area contributed by atoms with Crippen molar-refractivity contribution in [2.75, 3.05) is 20.2 Å². The molecule has 2 heterocycles. The van der Waals surface area contributed by atoms with Crippen molar-refractivity contribution in [1.82, 2.24) is 19.7 Å². The van der Waals surface area contributed by atoms with Crippen LogP contribution in [-0.4, -0.2) is 39.9 Å². The summed E-state index contributed by atoms with van der Waals surface area (Å²) in [5.41, 5.74) is 1.23. The van der Waals surface area contributed by atoms with Gasteiger partial charge in [0.1, 0.15) is 18.4 Å². The molecule has 23 heavy (non-hydrogen) atoms. The van der Waals surface area contributed by atoms with Gasteiger partial charge in [-0.05, 0) is 49.9 Å². The first kappa shape index (κ1) is 16.3. The zero-order valence-electron chi connectivity index (χ0n) is 13.7. The summed E-state index contributed by atoms with van der Waals surface area (Å²) in [5.74, 6) is 1.34. The highest BCUT2D eigenvalue weighted by Gasteiger charge is 2.25. The predicted molar refractivity (Wildman–Crippen MR) is 90.7 cm³/mol. The van der Waals surface area contributed by atoms with Gasteiger partial charge in [0.05, 0.1) is 12.1 Å². The van der Waals surface area contributed by atoms with E-state index in [1.165, 1.54) is 18.4 Å². The largest absolute Gasteiger partial charge is 0.495 e. The lowest BCUT2D eigenvalue weighted by atomic mass is 9.95. The maximum absolute atomic E-state index is 6.27. The summed E-state index contributed by atoms with van der Waals surface area (Å²) in [4.78, 5) is 6.56. The Morgan fingerprint density at radius 3 is 3.00 bits per heavy atom. The van der Waals surface area contributed by atoms with Crippen LogP contribution in [0.1, 0.15) is 31.4 Å². The quantitative estimate of drug-likeness (QED) is 0.840. The maximum Gasteiger partial charge on any atom is 0.137 e. The van der Waals surface area contributed by atoms with Gasteiger partial charge in [-0.2, -0.15) is 5.10 Å². The van der Waals surface area contributed by atoms with Crippen molar-refractivity contribution >= 4 is 11.6 Å². The molecular formula is C17H23ClN4O. The van der Waals surface area contributed by atoms with Crippen LogP contribution in [-0.2, 0) is 6.54 Å². The average Bonchev–Trinajstić information content (AvgIpc) is 3.07. The summed E-state index contributed by atoms with van der Waals surface area (Å²) in [6, 6.07) is 6.42. The van der Waals surface area contributed by atoms with Gasteiger partial charge in [0.2, 0.25) is 0 Å². The van der Waals surface area contributed by atoms with E-state index < -0.39 is 0 Å². The van der Waals surface area contributed by atoms with E-state index in [0.717, 1.165) is 25.4 Å². The second-order valence-corrected chi connectivity index (χ2v) is 6.60. The average molecular weight is 335 g/mol. The van der Waals surface area contributed by atoms with Crippen molar-refractivity contribution in [2.24, 2.45) is 5.92 Å². The number of aromatic nitrogens is 3. The number of benzene rings is 1. The smallest absolute Gasteiger partial charge is 0.137 e. The fourth-order valence-corrected chi connectivity index (χ4v) is 3.61. The van der Waals surface area contributed by atoms with Crippen LogP contribution in [0.4, 0.5) is 0 Å². The van der Waals surface area contributed by atoms with Gasteiger partial charge in [-0.3, -0.25) is 9.58 Å². The SMILES string of the molecule is COc1ccc([C@H](C)N2CCC[C@H](Cn3cncn3)C2)cc1Cl. The minimum Gasteiger partial charge on any atom is -0.495 e. The standard InChI is InChI=1S/C17H23ClN4O/c1-13(15-5-6-17(23-2)16(18)8-15)21-7-3-4-14(9-21)10-22-12-19-11-20-22/h5-6,8,11-14H,3-4,7,9-10H2,1-2H3/t13-,14-/m0/s1. The number of hydrogen-bond acceptors (Lipinski definition) is 4. The second kappa shape index (κ2) is 7.32. The van der Waals surface area contributed by atoms with Gasteiger partial charge in [-0.25, -0.2) is 4.98 Å². The maximum atomic E-state index is 6.27. The molecule has 1 aliphatic heterocycles. The number of rotatable bonds is 5. The van der Waals surface area contributed by atoms with Crippen LogP contribution in [0.3, 0.4) is 0 Å². The van der Waals surface area contributed by atoms with E-state index in [1.807, 2.05) is 16.8 Å². The first-order chi connectivity index (χ1) is 11.2. The molecule has 2 aromatic rings. The third kappa shape index (κ3) is 3.85. The predicted octanol–water partition coefficient (Wildman–Crippen LogP) is 3.41. The minimum absolute atomic E-state index is 0.344. The fraction of sp³-hybridized carbons (Fsp3) is 0.529. The summed E-state index contributed by atoms with van der Waals surface area (Å²) in [6.07, 6.45) is 5.86. The normalized spacial score (nSPS) is 20.4. The third-order valence-corrected chi connectivity index (χ3v) is 4.96. The number of halogens is 1. The molecule has 0 spiro atoms. The first-order valence-corrected chi connectivity index (χ1v) is 8.45. The van der Waals surface area contributed by atoms with Crippen LogP contribution in [0, 0.1) is 5.92 Å². The number of hydrogen-bond donors (Lipinski definition) is 0. The van der Waals surface area contributed by atoms with Crippen LogP contribution in [0.15, 0.2) is 30.9 Å². The van der Waals surface area contributed by atoms with E-state index in [-0.39, 0.29) is 0 Å². The summed E-state index contributed by atoms with van der Waals surface area (Å²) >= 11 is 6.27. The van der Waals surface area contributed by atoms with Crippen LogP contribution in [0.25, 0.3) is 0 Å². The molecule has 0 saturated carbocycles. The molecule has 1 fully saturated rings. The summed E-state index contributed by atoms with van der Waals surface area (Å²) in [7, 11) is 1.64. The van der Waals surface area contributed by atoms with Crippen molar-refractivity contribution in [1.29, 1.82) is 0 Å². The minimum atomic E-state index is 0.344. The molecule has 0 radical (unpaired) electrons. The van der Waals surface area contributed by atoms with Crippen molar-refractivity contribution < 1.29 is 4.74 Å². The molecule has 1 aliphatic rings. The Bertz CT molecular complexity index is 632. The molecule has 0 bridgehead atoms. The van der Waals surface area contributed by atoms with Crippen LogP contribution in [0.2, 0.25) is 5.02 Å². The lowest BCUT2D eigenvalue weighted by molar-refractivity contribution is 0.121. The van der Waals surface area contributed by atoms with E-state index in [4.69, 9.17) is 16.3 Å². The Morgan fingerprint density at radius 2 is 2.30 bits per heavy atom. The summed E-state index contributed by atoms with van der Waals surface area (Å²) in [6.45, 7) is 5.38. The Kier molecular flexibility index (Phi) is 5.18. The van der Waals surface area contributed by atoms with E-state index >= 15 is 0 Å². The van der Waals surface area contributed by atoms with E-state index in [0.29, 0.717) is 17.0 Å². The van der Waals surface area contributed by atoms with Crippen molar-refractivity contribution in [2.45, 2.75) is 32.4 Å². The molecule has 0 amide bonds. The highest BCUT2D eigenvalue weighted by atomic mass is 35.5. The monoisotopic (exact) mass is 334 g/mol. The number of piperidine rings is 1. The Hall–Kier alpha value is -1.59. The van der Waals surface area contributed by atoms with E-state index in [9.17, 15) is 0 Å². The lowest BCUT2D eigenvalue weighted by Crippen LogP contribution is -2.38. The van der Waals surface area contributed by atoms with Crippen molar-refractivity contribution in [3.8, 4) is 5.75 Å². The molecule has 2 atom stereocenters. The lowest BCUT2D eigenvalue weighted by Gasteiger charge is -2.37. The fourth-order valence-electron chi connectivity index (χ4n) is 3.34. The van der Waals surface area contributed by atoms with Gasteiger partial charge in [0.25, 0.3) is 0 Å². The van der Waals surface area contributed by atoms with Gasteiger partial charge in [0.15, 0.2) is 0 Å². The zero-order valence-corrected chi connectivity index (χ0v) is 14.4. The molecule has 6 heteroatoms. The van der Waals surface area contributed by atoms with Gasteiger partial charge in [-0.15, -0.1) is 0 Å². The van der Waals surface area contributed by atoms with E-state index in [1.54, 1.807) is 19.8 Å². The van der Waals surface area contributed by atoms with Crippen molar-refractivity contribution in [3.05, 3.63) is 41.4 Å². The molecule has 124 valence electrons. The number of ether oxygens (including phenoxy) is 1. The molecule has 0 aliphatic carbocycles. The summed E-state index contributed by atoms with van der Waals surface area (Å²) < 4.78 is 7.17. The van der Waals surface area contributed by atoms with Crippen LogP contribution in [0.5, 0.6) is 5.75 Å². The highest BCUT2D eigenvalue weighted by molar-refractivity contribution is 6.32.